The number of carbonyl (C=O) groups excluding carboxylic acids is 2. The number of benzene rings is 1. The van der Waals surface area contributed by atoms with Gasteiger partial charge in [-0.1, -0.05) is 29.3 Å². The number of amides is 1. The Labute approximate surface area is 164 Å². The van der Waals surface area contributed by atoms with Gasteiger partial charge in [0.2, 0.25) is 0 Å². The van der Waals surface area contributed by atoms with Crippen LogP contribution in [0, 0.1) is 0 Å². The van der Waals surface area contributed by atoms with E-state index in [2.05, 4.69) is 10.1 Å². The highest BCUT2D eigenvalue weighted by Crippen LogP contribution is 2.34. The summed E-state index contributed by atoms with van der Waals surface area (Å²) in [5.41, 5.74) is 0.828. The van der Waals surface area contributed by atoms with Crippen molar-refractivity contribution < 1.29 is 18.7 Å². The van der Waals surface area contributed by atoms with Gasteiger partial charge in [-0.25, -0.2) is 0 Å². The van der Waals surface area contributed by atoms with Crippen LogP contribution >= 0.6 is 35.4 Å². The van der Waals surface area contributed by atoms with E-state index in [1.54, 1.807) is 30.3 Å². The molecular formula is C17H12Cl2N2O4S. The minimum Gasteiger partial charge on any atom is -0.468 e. The van der Waals surface area contributed by atoms with Gasteiger partial charge in [0.25, 0.3) is 5.91 Å². The molecule has 134 valence electrons. The molecule has 9 heteroatoms. The first-order chi connectivity index (χ1) is 12.4. The second kappa shape index (κ2) is 7.49. The zero-order chi connectivity index (χ0) is 18.8. The van der Waals surface area contributed by atoms with E-state index in [1.807, 2.05) is 0 Å². The topological polar surface area (TPSA) is 71.8 Å². The van der Waals surface area contributed by atoms with Crippen LogP contribution in [0.2, 0.25) is 10.0 Å². The van der Waals surface area contributed by atoms with E-state index in [4.69, 9.17) is 39.8 Å². The van der Waals surface area contributed by atoms with Crippen LogP contribution in [0.25, 0.3) is 17.4 Å². The molecule has 26 heavy (non-hydrogen) atoms. The van der Waals surface area contributed by atoms with E-state index >= 15 is 0 Å². The highest BCUT2D eigenvalue weighted by atomic mass is 35.5. The molecule has 1 aliphatic heterocycles. The Kier molecular flexibility index (Phi) is 5.31. The standard InChI is InChI=1S/C17H12Cl2N2O4S/c1-24-14(22)8-21-16(23)12(20-17(21)26)7-9-5-6-13(25-9)10-3-2-4-11(18)15(10)19/h2-7H,8H2,1H3,(H,20,26)/b12-7-. The lowest BCUT2D eigenvalue weighted by atomic mass is 10.2. The lowest BCUT2D eigenvalue weighted by molar-refractivity contribution is -0.143. The van der Waals surface area contributed by atoms with E-state index in [1.165, 1.54) is 13.2 Å². The summed E-state index contributed by atoms with van der Waals surface area (Å²) in [6, 6.07) is 8.61. The number of rotatable bonds is 4. The second-order valence-electron chi connectivity index (χ2n) is 5.26. The fraction of sp³-hybridized carbons (Fsp3) is 0.118. The summed E-state index contributed by atoms with van der Waals surface area (Å²) in [6.07, 6.45) is 1.49. The summed E-state index contributed by atoms with van der Waals surface area (Å²) < 4.78 is 10.3. The van der Waals surface area contributed by atoms with Crippen molar-refractivity contribution >= 4 is 58.5 Å². The average molecular weight is 411 g/mol. The Hall–Kier alpha value is -2.35. The Bertz CT molecular complexity index is 939. The molecule has 1 aliphatic rings. The summed E-state index contributed by atoms with van der Waals surface area (Å²) in [5, 5.41) is 3.67. The monoisotopic (exact) mass is 410 g/mol. The van der Waals surface area contributed by atoms with Gasteiger partial charge in [-0.15, -0.1) is 0 Å². The third-order valence-corrected chi connectivity index (χ3v) is 4.75. The molecular weight excluding hydrogens is 399 g/mol. The number of nitrogens with zero attached hydrogens (tertiary/aromatic N) is 1. The van der Waals surface area contributed by atoms with E-state index < -0.39 is 11.9 Å². The maximum Gasteiger partial charge on any atom is 0.325 e. The number of halogens is 2. The zero-order valence-electron chi connectivity index (χ0n) is 13.4. The maximum atomic E-state index is 12.4. The van der Waals surface area contributed by atoms with E-state index in [9.17, 15) is 9.59 Å². The van der Waals surface area contributed by atoms with Crippen molar-refractivity contribution in [2.24, 2.45) is 0 Å². The highest BCUT2D eigenvalue weighted by molar-refractivity contribution is 7.80. The number of ether oxygens (including phenoxy) is 1. The summed E-state index contributed by atoms with van der Waals surface area (Å²) in [5.74, 6) is -0.0998. The number of methoxy groups -OCH3 is 1. The predicted molar refractivity (Wildman–Crippen MR) is 102 cm³/mol. The molecule has 2 aromatic rings. The second-order valence-corrected chi connectivity index (χ2v) is 6.43. The number of thiocarbonyl (C=S) groups is 1. The quantitative estimate of drug-likeness (QED) is 0.472. The van der Waals surface area contributed by atoms with Gasteiger partial charge in [0.15, 0.2) is 5.11 Å². The van der Waals surface area contributed by atoms with Crippen molar-refractivity contribution in [2.45, 2.75) is 0 Å². The van der Waals surface area contributed by atoms with Gasteiger partial charge in [0.05, 0.1) is 17.2 Å². The molecule has 0 unspecified atom stereocenters. The molecule has 0 aliphatic carbocycles. The van der Waals surface area contributed by atoms with Crippen LogP contribution in [-0.2, 0) is 14.3 Å². The van der Waals surface area contributed by atoms with Crippen molar-refractivity contribution in [3.05, 3.63) is 51.8 Å². The lowest BCUT2D eigenvalue weighted by Crippen LogP contribution is -2.35. The van der Waals surface area contributed by atoms with E-state index in [-0.39, 0.29) is 17.4 Å². The Morgan fingerprint density at radius 3 is 2.85 bits per heavy atom. The fourth-order valence-corrected chi connectivity index (χ4v) is 2.97. The summed E-state index contributed by atoms with van der Waals surface area (Å²) in [4.78, 5) is 24.9. The van der Waals surface area contributed by atoms with E-state index in [0.29, 0.717) is 27.1 Å². The molecule has 0 bridgehead atoms. The molecule has 1 aromatic carbocycles. The molecule has 1 amide bonds. The first-order valence-electron chi connectivity index (χ1n) is 7.36. The van der Waals surface area contributed by atoms with Crippen molar-refractivity contribution in [3.8, 4) is 11.3 Å². The van der Waals surface area contributed by atoms with Crippen molar-refractivity contribution in [3.63, 3.8) is 0 Å². The molecule has 1 N–H and O–H groups in total. The Balaban J connectivity index is 1.84. The first kappa shape index (κ1) is 18.4. The predicted octanol–water partition coefficient (Wildman–Crippen LogP) is 3.48. The van der Waals surface area contributed by atoms with Crippen molar-refractivity contribution in [1.29, 1.82) is 0 Å². The Morgan fingerprint density at radius 2 is 2.12 bits per heavy atom. The van der Waals surface area contributed by atoms with Crippen LogP contribution in [-0.4, -0.2) is 35.5 Å². The molecule has 6 nitrogen and oxygen atoms in total. The average Bonchev–Trinajstić information content (AvgIpc) is 3.17. The minimum atomic E-state index is -0.570. The van der Waals surface area contributed by atoms with Gasteiger partial charge in [0, 0.05) is 11.6 Å². The third-order valence-electron chi connectivity index (χ3n) is 3.61. The molecule has 0 radical (unpaired) electrons. The number of esters is 1. The largest absolute Gasteiger partial charge is 0.468 e. The SMILES string of the molecule is COC(=O)CN1C(=O)/C(=C/c2ccc(-c3cccc(Cl)c3Cl)o2)NC1=S. The van der Waals surface area contributed by atoms with Gasteiger partial charge in [-0.2, -0.15) is 0 Å². The van der Waals surface area contributed by atoms with Crippen LogP contribution in [0.3, 0.4) is 0 Å². The third kappa shape index (κ3) is 3.60. The minimum absolute atomic E-state index is 0.122. The van der Waals surface area contributed by atoms with Crippen LogP contribution in [0.4, 0.5) is 0 Å². The first-order valence-corrected chi connectivity index (χ1v) is 8.52. The molecule has 0 atom stereocenters. The maximum absolute atomic E-state index is 12.4. The number of nitrogens with one attached hydrogen (secondary N) is 1. The van der Waals surface area contributed by atoms with Gasteiger partial charge in [-0.3, -0.25) is 14.5 Å². The van der Waals surface area contributed by atoms with Crippen molar-refractivity contribution in [1.82, 2.24) is 10.2 Å². The zero-order valence-corrected chi connectivity index (χ0v) is 15.7. The normalized spacial score (nSPS) is 15.5. The molecule has 0 spiro atoms. The van der Waals surface area contributed by atoms with Crippen LogP contribution in [0.5, 0.6) is 0 Å². The molecule has 1 saturated heterocycles. The molecule has 3 rings (SSSR count). The van der Waals surface area contributed by atoms with Crippen LogP contribution in [0.15, 0.2) is 40.4 Å². The summed E-state index contributed by atoms with van der Waals surface area (Å²) in [7, 11) is 1.24. The lowest BCUT2D eigenvalue weighted by Gasteiger charge is -2.11. The van der Waals surface area contributed by atoms with Crippen LogP contribution < -0.4 is 5.32 Å². The van der Waals surface area contributed by atoms with Gasteiger partial charge in [0.1, 0.15) is 23.8 Å². The van der Waals surface area contributed by atoms with Gasteiger partial charge >= 0.3 is 5.97 Å². The van der Waals surface area contributed by atoms with E-state index in [0.717, 1.165) is 4.90 Å². The van der Waals surface area contributed by atoms with Crippen LogP contribution in [0.1, 0.15) is 5.76 Å². The number of hydrogen-bond acceptors (Lipinski definition) is 5. The fourth-order valence-electron chi connectivity index (χ4n) is 2.32. The Morgan fingerprint density at radius 1 is 1.35 bits per heavy atom. The highest BCUT2D eigenvalue weighted by Gasteiger charge is 2.32. The summed E-state index contributed by atoms with van der Waals surface area (Å²) >= 11 is 17.3. The molecule has 0 saturated carbocycles. The molecule has 1 aromatic heterocycles. The summed E-state index contributed by atoms with van der Waals surface area (Å²) in [6.45, 7) is -0.264. The van der Waals surface area contributed by atoms with Gasteiger partial charge < -0.3 is 14.5 Å². The smallest absolute Gasteiger partial charge is 0.325 e. The van der Waals surface area contributed by atoms with Crippen molar-refractivity contribution in [2.75, 3.05) is 13.7 Å². The number of carbonyl (C=O) groups is 2. The molecule has 1 fully saturated rings. The molecule has 2 heterocycles. The number of hydrogen-bond donors (Lipinski definition) is 1. The number of furan rings is 1. The van der Waals surface area contributed by atoms with Gasteiger partial charge in [-0.05, 0) is 36.5 Å².